The van der Waals surface area contributed by atoms with Gasteiger partial charge in [-0.15, -0.1) is 0 Å². The molecule has 6 heteroatoms. The lowest BCUT2D eigenvalue weighted by molar-refractivity contribution is -0.385. The molecule has 1 atom stereocenters. The van der Waals surface area contributed by atoms with Crippen LogP contribution in [0, 0.1) is 10.1 Å². The fourth-order valence-corrected chi connectivity index (χ4v) is 2.55. The van der Waals surface area contributed by atoms with Gasteiger partial charge >= 0.3 is 0 Å². The van der Waals surface area contributed by atoms with E-state index >= 15 is 0 Å². The van der Waals surface area contributed by atoms with Crippen LogP contribution < -0.4 is 0 Å². The topological polar surface area (TPSA) is 71.8 Å². The zero-order chi connectivity index (χ0) is 15.0. The second-order valence-electron chi connectivity index (χ2n) is 4.82. The number of nitro benzene ring substituents is 1. The standard InChI is InChI=1S/C15H12ClN3O2/c1-9(11-4-2-3-5-14(11)19(20)21)15-17-12-7-6-10(16)8-13(12)18-15/h2-9H,1H3,(H,17,18). The molecule has 0 aliphatic rings. The van der Waals surface area contributed by atoms with Crippen molar-refractivity contribution < 1.29 is 4.92 Å². The summed E-state index contributed by atoms with van der Waals surface area (Å²) in [4.78, 5) is 18.4. The van der Waals surface area contributed by atoms with E-state index in [0.717, 1.165) is 11.0 Å². The van der Waals surface area contributed by atoms with E-state index in [0.29, 0.717) is 16.4 Å². The average Bonchev–Trinajstić information content (AvgIpc) is 2.89. The molecule has 1 aromatic heterocycles. The molecule has 2 aromatic carbocycles. The average molecular weight is 302 g/mol. The number of imidazole rings is 1. The Balaban J connectivity index is 2.08. The van der Waals surface area contributed by atoms with Crippen LogP contribution in [0.4, 0.5) is 5.69 Å². The normalized spacial score (nSPS) is 12.5. The van der Waals surface area contributed by atoms with E-state index in [1.807, 2.05) is 13.0 Å². The first-order valence-electron chi connectivity index (χ1n) is 6.45. The molecule has 0 bridgehead atoms. The number of nitrogens with one attached hydrogen (secondary N) is 1. The number of rotatable bonds is 3. The SMILES string of the molecule is CC(c1nc2ccc(Cl)cc2[nH]1)c1ccccc1[N+](=O)[O-]. The van der Waals surface area contributed by atoms with Crippen molar-refractivity contribution in [1.29, 1.82) is 0 Å². The summed E-state index contributed by atoms with van der Waals surface area (Å²) in [6, 6.07) is 12.1. The van der Waals surface area contributed by atoms with E-state index in [1.165, 1.54) is 6.07 Å². The maximum Gasteiger partial charge on any atom is 0.273 e. The van der Waals surface area contributed by atoms with Crippen LogP contribution in [0.25, 0.3) is 11.0 Å². The molecule has 3 aromatic rings. The van der Waals surface area contributed by atoms with Gasteiger partial charge in [0, 0.05) is 22.6 Å². The molecule has 0 saturated carbocycles. The lowest BCUT2D eigenvalue weighted by atomic mass is 9.99. The Morgan fingerprint density at radius 2 is 2.05 bits per heavy atom. The van der Waals surface area contributed by atoms with Gasteiger partial charge in [-0.3, -0.25) is 10.1 Å². The molecule has 0 amide bonds. The van der Waals surface area contributed by atoms with E-state index in [1.54, 1.807) is 30.3 Å². The van der Waals surface area contributed by atoms with Crippen LogP contribution >= 0.6 is 11.6 Å². The van der Waals surface area contributed by atoms with Crippen LogP contribution in [0.2, 0.25) is 5.02 Å². The Morgan fingerprint density at radius 1 is 1.29 bits per heavy atom. The number of aromatic nitrogens is 2. The van der Waals surface area contributed by atoms with Crippen molar-refractivity contribution in [2.75, 3.05) is 0 Å². The van der Waals surface area contributed by atoms with Crippen LogP contribution in [0.3, 0.4) is 0 Å². The largest absolute Gasteiger partial charge is 0.341 e. The number of fused-ring (bicyclic) bond motifs is 1. The molecule has 0 aliphatic carbocycles. The Bertz CT molecular complexity index is 829. The zero-order valence-corrected chi connectivity index (χ0v) is 12.0. The first kappa shape index (κ1) is 13.6. The monoisotopic (exact) mass is 301 g/mol. The quantitative estimate of drug-likeness (QED) is 0.580. The van der Waals surface area contributed by atoms with E-state index in [-0.39, 0.29) is 16.5 Å². The van der Waals surface area contributed by atoms with Crippen LogP contribution in [0.5, 0.6) is 0 Å². The fourth-order valence-electron chi connectivity index (χ4n) is 2.37. The van der Waals surface area contributed by atoms with Crippen molar-refractivity contribution in [2.45, 2.75) is 12.8 Å². The number of nitrogens with zero attached hydrogens (tertiary/aromatic N) is 2. The van der Waals surface area contributed by atoms with E-state index in [2.05, 4.69) is 9.97 Å². The van der Waals surface area contributed by atoms with Gasteiger partial charge in [-0.1, -0.05) is 36.7 Å². The van der Waals surface area contributed by atoms with Crippen LogP contribution in [0.1, 0.15) is 24.2 Å². The molecule has 106 valence electrons. The number of nitro groups is 1. The number of hydrogen-bond acceptors (Lipinski definition) is 3. The fraction of sp³-hybridized carbons (Fsp3) is 0.133. The number of hydrogen-bond donors (Lipinski definition) is 1. The number of H-pyrrole nitrogens is 1. The van der Waals surface area contributed by atoms with Crippen molar-refractivity contribution in [3.05, 3.63) is 69.0 Å². The minimum Gasteiger partial charge on any atom is -0.341 e. The molecule has 0 aliphatic heterocycles. The highest BCUT2D eigenvalue weighted by molar-refractivity contribution is 6.31. The van der Waals surface area contributed by atoms with Crippen LogP contribution in [-0.4, -0.2) is 14.9 Å². The predicted molar refractivity (Wildman–Crippen MR) is 81.7 cm³/mol. The van der Waals surface area contributed by atoms with E-state index in [9.17, 15) is 10.1 Å². The van der Waals surface area contributed by atoms with Gasteiger partial charge in [0.2, 0.25) is 0 Å². The second-order valence-corrected chi connectivity index (χ2v) is 5.26. The number of para-hydroxylation sites is 1. The van der Waals surface area contributed by atoms with Crippen LogP contribution in [-0.2, 0) is 0 Å². The zero-order valence-electron chi connectivity index (χ0n) is 11.2. The Labute approximate surface area is 125 Å². The molecule has 0 radical (unpaired) electrons. The van der Waals surface area contributed by atoms with Gasteiger partial charge in [0.15, 0.2) is 0 Å². The van der Waals surface area contributed by atoms with Gasteiger partial charge in [-0.25, -0.2) is 4.98 Å². The first-order chi connectivity index (χ1) is 10.1. The summed E-state index contributed by atoms with van der Waals surface area (Å²) in [7, 11) is 0. The highest BCUT2D eigenvalue weighted by Crippen LogP contribution is 2.31. The minimum absolute atomic E-state index is 0.100. The van der Waals surface area contributed by atoms with Gasteiger partial charge in [-0.05, 0) is 18.2 Å². The maximum absolute atomic E-state index is 11.1. The molecule has 0 spiro atoms. The smallest absolute Gasteiger partial charge is 0.273 e. The summed E-state index contributed by atoms with van der Waals surface area (Å²) < 4.78 is 0. The third-order valence-electron chi connectivity index (χ3n) is 3.47. The number of aromatic amines is 1. The van der Waals surface area contributed by atoms with E-state index < -0.39 is 0 Å². The minimum atomic E-state index is -0.370. The lowest BCUT2D eigenvalue weighted by Gasteiger charge is -2.09. The Kier molecular flexibility index (Phi) is 3.35. The van der Waals surface area contributed by atoms with E-state index in [4.69, 9.17) is 11.6 Å². The van der Waals surface area contributed by atoms with Gasteiger partial charge in [0.05, 0.1) is 16.0 Å². The Hall–Kier alpha value is -2.40. The molecule has 3 rings (SSSR count). The maximum atomic E-state index is 11.1. The predicted octanol–water partition coefficient (Wildman–Crippen LogP) is 4.28. The van der Waals surface area contributed by atoms with Crippen molar-refractivity contribution in [1.82, 2.24) is 9.97 Å². The number of benzene rings is 2. The van der Waals surface area contributed by atoms with Gasteiger partial charge < -0.3 is 4.98 Å². The van der Waals surface area contributed by atoms with Crippen molar-refractivity contribution in [3.8, 4) is 0 Å². The summed E-state index contributed by atoms with van der Waals surface area (Å²) in [5, 5.41) is 11.8. The molecule has 0 saturated heterocycles. The molecular weight excluding hydrogens is 290 g/mol. The third kappa shape index (κ3) is 2.48. The molecular formula is C15H12ClN3O2. The van der Waals surface area contributed by atoms with Crippen molar-refractivity contribution in [2.24, 2.45) is 0 Å². The van der Waals surface area contributed by atoms with Crippen LogP contribution in [0.15, 0.2) is 42.5 Å². The molecule has 0 fully saturated rings. The van der Waals surface area contributed by atoms with Gasteiger partial charge in [-0.2, -0.15) is 0 Å². The summed E-state index contributed by atoms with van der Waals surface area (Å²) in [6.45, 7) is 1.89. The second kappa shape index (κ2) is 5.18. The van der Waals surface area contributed by atoms with Gasteiger partial charge in [0.1, 0.15) is 5.82 Å². The molecule has 21 heavy (non-hydrogen) atoms. The summed E-state index contributed by atoms with van der Waals surface area (Å²) in [5.41, 5.74) is 2.35. The molecule has 1 N–H and O–H groups in total. The van der Waals surface area contributed by atoms with Gasteiger partial charge in [0.25, 0.3) is 5.69 Å². The number of halogens is 1. The summed E-state index contributed by atoms with van der Waals surface area (Å²) in [5.74, 6) is 0.472. The lowest BCUT2D eigenvalue weighted by Crippen LogP contribution is -2.02. The highest BCUT2D eigenvalue weighted by atomic mass is 35.5. The molecule has 5 nitrogen and oxygen atoms in total. The van der Waals surface area contributed by atoms with Crippen molar-refractivity contribution >= 4 is 28.3 Å². The summed E-state index contributed by atoms with van der Waals surface area (Å²) >= 11 is 5.95. The van der Waals surface area contributed by atoms with Crippen molar-refractivity contribution in [3.63, 3.8) is 0 Å². The highest BCUT2D eigenvalue weighted by Gasteiger charge is 2.21. The first-order valence-corrected chi connectivity index (χ1v) is 6.82. The molecule has 1 unspecified atom stereocenters. The molecule has 1 heterocycles. The summed E-state index contributed by atoms with van der Waals surface area (Å²) in [6.07, 6.45) is 0. The Morgan fingerprint density at radius 3 is 2.81 bits per heavy atom. The third-order valence-corrected chi connectivity index (χ3v) is 3.71.